The van der Waals surface area contributed by atoms with Crippen LogP contribution >= 0.6 is 0 Å². The molecule has 0 saturated heterocycles. The van der Waals surface area contributed by atoms with Gasteiger partial charge in [-0.15, -0.1) is 0 Å². The Kier molecular flexibility index (Phi) is 4.95. The highest BCUT2D eigenvalue weighted by molar-refractivity contribution is 5.70. The van der Waals surface area contributed by atoms with Gasteiger partial charge in [0, 0.05) is 19.6 Å². The zero-order valence-electron chi connectivity index (χ0n) is 12.5. The molecule has 0 radical (unpaired) electrons. The zero-order chi connectivity index (χ0) is 14.6. The average molecular weight is 264 g/mol. The van der Waals surface area contributed by atoms with E-state index in [1.165, 1.54) is 10.5 Å². The quantitative estimate of drug-likeness (QED) is 0.909. The summed E-state index contributed by atoms with van der Waals surface area (Å²) in [5, 5.41) is 0. The van der Waals surface area contributed by atoms with Gasteiger partial charge in [0.15, 0.2) is 0 Å². The zero-order valence-corrected chi connectivity index (χ0v) is 12.5. The lowest BCUT2D eigenvalue weighted by atomic mass is 9.96. The number of benzene rings is 1. The minimum Gasteiger partial charge on any atom is -0.410 e. The molecule has 0 fully saturated rings. The monoisotopic (exact) mass is 264 g/mol. The molecule has 0 spiro atoms. The first kappa shape index (κ1) is 15.5. The lowest BCUT2D eigenvalue weighted by Gasteiger charge is -2.18. The molecule has 0 aliphatic rings. The highest BCUT2D eigenvalue weighted by Crippen LogP contribution is 2.21. The van der Waals surface area contributed by atoms with Crippen LogP contribution in [0.5, 0.6) is 5.75 Å². The lowest BCUT2D eigenvalue weighted by Crippen LogP contribution is -2.32. The van der Waals surface area contributed by atoms with Crippen LogP contribution < -0.4 is 10.5 Å². The van der Waals surface area contributed by atoms with Crippen molar-refractivity contribution in [1.29, 1.82) is 0 Å². The second-order valence-electron chi connectivity index (χ2n) is 5.85. The van der Waals surface area contributed by atoms with Crippen LogP contribution in [0.25, 0.3) is 0 Å². The van der Waals surface area contributed by atoms with E-state index in [1.54, 1.807) is 14.1 Å². The molecule has 106 valence electrons. The van der Waals surface area contributed by atoms with Crippen LogP contribution in [0.1, 0.15) is 31.4 Å². The van der Waals surface area contributed by atoms with Crippen LogP contribution in [0.4, 0.5) is 4.79 Å². The van der Waals surface area contributed by atoms with Crippen molar-refractivity contribution in [1.82, 2.24) is 4.90 Å². The minimum atomic E-state index is -0.362. The van der Waals surface area contributed by atoms with Gasteiger partial charge in [0.2, 0.25) is 0 Å². The van der Waals surface area contributed by atoms with E-state index in [4.69, 9.17) is 10.5 Å². The molecule has 4 heteroatoms. The van der Waals surface area contributed by atoms with Gasteiger partial charge in [0.05, 0.1) is 0 Å². The molecular weight excluding hydrogens is 240 g/mol. The van der Waals surface area contributed by atoms with E-state index < -0.39 is 0 Å². The van der Waals surface area contributed by atoms with E-state index in [-0.39, 0.29) is 11.6 Å². The minimum absolute atomic E-state index is 0.163. The Labute approximate surface area is 115 Å². The number of amides is 1. The molecule has 0 unspecified atom stereocenters. The number of hydrogen-bond donors (Lipinski definition) is 1. The Morgan fingerprint density at radius 2 is 2.00 bits per heavy atom. The summed E-state index contributed by atoms with van der Waals surface area (Å²) >= 11 is 0. The number of carbonyl (C=O) groups is 1. The fraction of sp³-hybridized carbons (Fsp3) is 0.533. The van der Waals surface area contributed by atoms with Crippen molar-refractivity contribution in [2.75, 3.05) is 14.1 Å². The molecule has 1 aromatic carbocycles. The molecular formula is C15H24N2O2. The van der Waals surface area contributed by atoms with Crippen molar-refractivity contribution in [2.24, 2.45) is 5.73 Å². The second-order valence-corrected chi connectivity index (χ2v) is 5.85. The van der Waals surface area contributed by atoms with Crippen molar-refractivity contribution in [3.8, 4) is 5.75 Å². The largest absolute Gasteiger partial charge is 0.414 e. The summed E-state index contributed by atoms with van der Waals surface area (Å²) in [6.07, 6.45) is 1.48. The molecule has 1 aromatic rings. The molecule has 1 amide bonds. The maximum atomic E-state index is 11.5. The summed E-state index contributed by atoms with van der Waals surface area (Å²) in [5.74, 6) is 0.606. The molecule has 0 bridgehead atoms. The van der Waals surface area contributed by atoms with Crippen LogP contribution in [-0.4, -0.2) is 30.6 Å². The first-order valence-corrected chi connectivity index (χ1v) is 6.46. The Hall–Kier alpha value is -1.55. The van der Waals surface area contributed by atoms with Gasteiger partial charge in [-0.1, -0.05) is 12.1 Å². The summed E-state index contributed by atoms with van der Waals surface area (Å²) in [6.45, 7) is 5.98. The topological polar surface area (TPSA) is 55.6 Å². The number of nitrogens with two attached hydrogens (primary N) is 1. The van der Waals surface area contributed by atoms with Crippen LogP contribution in [0.3, 0.4) is 0 Å². The average Bonchev–Trinajstić information content (AvgIpc) is 2.28. The number of ether oxygens (including phenoxy) is 1. The Bertz CT molecular complexity index is 448. The lowest BCUT2D eigenvalue weighted by molar-refractivity contribution is 0.171. The number of hydrogen-bond acceptors (Lipinski definition) is 3. The first-order chi connectivity index (χ1) is 8.69. The van der Waals surface area contributed by atoms with Gasteiger partial charge in [0.25, 0.3) is 0 Å². The van der Waals surface area contributed by atoms with Gasteiger partial charge in [-0.2, -0.15) is 0 Å². The maximum Gasteiger partial charge on any atom is 0.414 e. The highest BCUT2D eigenvalue weighted by atomic mass is 16.6. The van der Waals surface area contributed by atoms with Crippen molar-refractivity contribution in [3.63, 3.8) is 0 Å². The number of nitrogens with zero attached hydrogens (tertiary/aromatic N) is 1. The smallest absolute Gasteiger partial charge is 0.410 e. The van der Waals surface area contributed by atoms with E-state index in [0.29, 0.717) is 5.75 Å². The van der Waals surface area contributed by atoms with E-state index >= 15 is 0 Å². The molecule has 0 aromatic heterocycles. The van der Waals surface area contributed by atoms with Crippen molar-refractivity contribution in [3.05, 3.63) is 29.3 Å². The Balaban J connectivity index is 2.72. The number of aryl methyl sites for hydroxylation is 2. The molecule has 0 saturated carbocycles. The van der Waals surface area contributed by atoms with Gasteiger partial charge < -0.3 is 15.4 Å². The summed E-state index contributed by atoms with van der Waals surface area (Å²) < 4.78 is 5.27. The van der Waals surface area contributed by atoms with Gasteiger partial charge in [-0.25, -0.2) is 4.79 Å². The van der Waals surface area contributed by atoms with E-state index in [0.717, 1.165) is 18.4 Å². The highest BCUT2D eigenvalue weighted by Gasteiger charge is 2.12. The van der Waals surface area contributed by atoms with Crippen LogP contribution in [0, 0.1) is 6.92 Å². The fourth-order valence-electron chi connectivity index (χ4n) is 1.63. The van der Waals surface area contributed by atoms with Gasteiger partial charge in [0.1, 0.15) is 5.75 Å². The summed E-state index contributed by atoms with van der Waals surface area (Å²) in [4.78, 5) is 12.9. The normalized spacial score (nSPS) is 11.3. The molecule has 19 heavy (non-hydrogen) atoms. The van der Waals surface area contributed by atoms with E-state index in [9.17, 15) is 4.79 Å². The molecule has 0 heterocycles. The van der Waals surface area contributed by atoms with Crippen molar-refractivity contribution in [2.45, 2.75) is 39.2 Å². The Morgan fingerprint density at radius 1 is 1.37 bits per heavy atom. The van der Waals surface area contributed by atoms with Crippen molar-refractivity contribution < 1.29 is 9.53 Å². The van der Waals surface area contributed by atoms with Gasteiger partial charge >= 0.3 is 6.09 Å². The summed E-state index contributed by atoms with van der Waals surface area (Å²) in [7, 11) is 3.32. The predicted octanol–water partition coefficient (Wildman–Crippen LogP) is 2.73. The van der Waals surface area contributed by atoms with Gasteiger partial charge in [-0.3, -0.25) is 0 Å². The molecule has 0 aliphatic heterocycles. The maximum absolute atomic E-state index is 11.5. The third-order valence-electron chi connectivity index (χ3n) is 2.86. The molecule has 1 rings (SSSR count). The van der Waals surface area contributed by atoms with Crippen molar-refractivity contribution >= 4 is 6.09 Å². The van der Waals surface area contributed by atoms with Crippen LogP contribution in [0.2, 0.25) is 0 Å². The third kappa shape index (κ3) is 5.30. The Morgan fingerprint density at radius 3 is 2.47 bits per heavy atom. The van der Waals surface area contributed by atoms with E-state index in [1.807, 2.05) is 39.0 Å². The molecule has 0 aliphatic carbocycles. The number of rotatable bonds is 4. The summed E-state index contributed by atoms with van der Waals surface area (Å²) in [5.41, 5.74) is 7.98. The SMILES string of the molecule is Cc1cc(CCC(C)(C)N)ccc1OC(=O)N(C)C. The van der Waals surface area contributed by atoms with Crippen LogP contribution in [-0.2, 0) is 6.42 Å². The molecule has 0 atom stereocenters. The standard InChI is InChI=1S/C15H24N2O2/c1-11-10-12(8-9-15(2,3)16)6-7-13(11)19-14(18)17(4)5/h6-7,10H,8-9,16H2,1-5H3. The second kappa shape index (κ2) is 6.06. The number of carbonyl (C=O) groups excluding carboxylic acids is 1. The van der Waals surface area contributed by atoms with E-state index in [2.05, 4.69) is 0 Å². The predicted molar refractivity (Wildman–Crippen MR) is 77.5 cm³/mol. The molecule has 4 nitrogen and oxygen atoms in total. The van der Waals surface area contributed by atoms with Crippen LogP contribution in [0.15, 0.2) is 18.2 Å². The third-order valence-corrected chi connectivity index (χ3v) is 2.86. The first-order valence-electron chi connectivity index (χ1n) is 6.46. The fourth-order valence-corrected chi connectivity index (χ4v) is 1.63. The molecule has 2 N–H and O–H groups in total. The summed E-state index contributed by atoms with van der Waals surface area (Å²) in [6, 6.07) is 5.87. The van der Waals surface area contributed by atoms with Gasteiger partial charge in [-0.05, 0) is 50.8 Å².